The van der Waals surface area contributed by atoms with E-state index in [0.717, 1.165) is 22.0 Å². The Hall–Kier alpha value is -3.17. The summed E-state index contributed by atoms with van der Waals surface area (Å²) in [4.78, 5) is 16.9. The van der Waals surface area contributed by atoms with Crippen LogP contribution in [-0.2, 0) is 4.79 Å². The molecule has 0 saturated heterocycles. The summed E-state index contributed by atoms with van der Waals surface area (Å²) in [5.74, 6) is -0.202. The Morgan fingerprint density at radius 3 is 2.58 bits per heavy atom. The molecule has 1 heterocycles. The van der Waals surface area contributed by atoms with Gasteiger partial charge in [0.1, 0.15) is 12.1 Å². The molecule has 0 aliphatic heterocycles. The van der Waals surface area contributed by atoms with Crippen molar-refractivity contribution < 1.29 is 4.79 Å². The zero-order valence-electron chi connectivity index (χ0n) is 14.5. The number of anilines is 2. The molecule has 0 fully saturated rings. The number of rotatable bonds is 5. The molecular weight excluding hydrogens is 344 g/mol. The van der Waals surface area contributed by atoms with Gasteiger partial charge >= 0.3 is 0 Å². The number of benzene rings is 2. The van der Waals surface area contributed by atoms with E-state index in [9.17, 15) is 4.79 Å². The van der Waals surface area contributed by atoms with E-state index in [1.165, 1.54) is 0 Å². The topological polar surface area (TPSA) is 77.8 Å². The van der Waals surface area contributed by atoms with Gasteiger partial charge in [0.2, 0.25) is 5.91 Å². The standard InChI is InChI=1S/C20H18N4OS/c1-13(20(25)24-18-6-4-3-5-16(18)11-21)22-17-9-7-15(8-10-17)19-12-26-14(2)23-19/h3-10,12-13,22H,1-2H3,(H,24,25). The first kappa shape index (κ1) is 17.6. The first-order valence-electron chi connectivity index (χ1n) is 8.16. The molecule has 2 aromatic carbocycles. The molecule has 2 N–H and O–H groups in total. The Bertz CT molecular complexity index is 956. The van der Waals surface area contributed by atoms with E-state index < -0.39 is 6.04 Å². The minimum Gasteiger partial charge on any atom is -0.374 e. The number of carbonyl (C=O) groups is 1. The summed E-state index contributed by atoms with van der Waals surface area (Å²) in [6, 6.07) is 16.4. The van der Waals surface area contributed by atoms with Crippen molar-refractivity contribution in [2.75, 3.05) is 10.6 Å². The number of hydrogen-bond donors (Lipinski definition) is 2. The van der Waals surface area contributed by atoms with Crippen LogP contribution >= 0.6 is 11.3 Å². The number of hydrogen-bond acceptors (Lipinski definition) is 5. The van der Waals surface area contributed by atoms with E-state index in [0.29, 0.717) is 11.3 Å². The van der Waals surface area contributed by atoms with E-state index in [4.69, 9.17) is 5.26 Å². The van der Waals surface area contributed by atoms with E-state index in [1.54, 1.807) is 42.5 Å². The van der Waals surface area contributed by atoms with Gasteiger partial charge in [-0.1, -0.05) is 24.3 Å². The second kappa shape index (κ2) is 7.81. The maximum absolute atomic E-state index is 12.4. The van der Waals surface area contributed by atoms with Gasteiger partial charge in [-0.25, -0.2) is 4.98 Å². The first-order valence-corrected chi connectivity index (χ1v) is 9.04. The van der Waals surface area contributed by atoms with Crippen LogP contribution in [0.15, 0.2) is 53.9 Å². The minimum absolute atomic E-state index is 0.202. The van der Waals surface area contributed by atoms with Crippen LogP contribution < -0.4 is 10.6 Å². The zero-order valence-corrected chi connectivity index (χ0v) is 15.3. The fourth-order valence-corrected chi connectivity index (χ4v) is 3.10. The predicted molar refractivity (Wildman–Crippen MR) is 105 cm³/mol. The van der Waals surface area contributed by atoms with Crippen LogP contribution in [0.2, 0.25) is 0 Å². The van der Waals surface area contributed by atoms with Gasteiger partial charge in [0, 0.05) is 16.6 Å². The van der Waals surface area contributed by atoms with Gasteiger partial charge in [0.25, 0.3) is 0 Å². The van der Waals surface area contributed by atoms with Crippen LogP contribution in [0.3, 0.4) is 0 Å². The Morgan fingerprint density at radius 2 is 1.92 bits per heavy atom. The van der Waals surface area contributed by atoms with Crippen molar-refractivity contribution >= 4 is 28.6 Å². The van der Waals surface area contributed by atoms with Gasteiger partial charge in [-0.15, -0.1) is 11.3 Å². The molecule has 0 saturated carbocycles. The third-order valence-corrected chi connectivity index (χ3v) is 4.66. The van der Waals surface area contributed by atoms with Crippen molar-refractivity contribution in [1.29, 1.82) is 5.26 Å². The van der Waals surface area contributed by atoms with Crippen LogP contribution in [0.5, 0.6) is 0 Å². The highest BCUT2D eigenvalue weighted by Gasteiger charge is 2.14. The molecule has 130 valence electrons. The predicted octanol–water partition coefficient (Wildman–Crippen LogP) is 4.43. The molecule has 1 amide bonds. The summed E-state index contributed by atoms with van der Waals surface area (Å²) in [6.07, 6.45) is 0. The number of aryl methyl sites for hydroxylation is 1. The fourth-order valence-electron chi connectivity index (χ4n) is 2.48. The fraction of sp³-hybridized carbons (Fsp3) is 0.150. The van der Waals surface area contributed by atoms with Gasteiger partial charge in [0.05, 0.1) is 22.0 Å². The summed E-state index contributed by atoms with van der Waals surface area (Å²) in [5.41, 5.74) is 3.80. The molecule has 0 aliphatic rings. The van der Waals surface area contributed by atoms with Gasteiger partial charge in [0.15, 0.2) is 0 Å². The minimum atomic E-state index is -0.450. The molecule has 3 aromatic rings. The number of thiazole rings is 1. The number of nitrogens with one attached hydrogen (secondary N) is 2. The number of nitriles is 1. The quantitative estimate of drug-likeness (QED) is 0.704. The van der Waals surface area contributed by atoms with Crippen LogP contribution in [0, 0.1) is 18.3 Å². The number of aromatic nitrogens is 1. The Kier molecular flexibility index (Phi) is 5.30. The van der Waals surface area contributed by atoms with Crippen molar-refractivity contribution in [1.82, 2.24) is 4.98 Å². The number of nitrogens with zero attached hydrogens (tertiary/aromatic N) is 2. The van der Waals surface area contributed by atoms with Crippen molar-refractivity contribution in [2.24, 2.45) is 0 Å². The molecular formula is C20H18N4OS. The van der Waals surface area contributed by atoms with Crippen molar-refractivity contribution in [3.8, 4) is 17.3 Å². The summed E-state index contributed by atoms with van der Waals surface area (Å²) < 4.78 is 0. The molecule has 26 heavy (non-hydrogen) atoms. The average Bonchev–Trinajstić information content (AvgIpc) is 3.09. The van der Waals surface area contributed by atoms with Gasteiger partial charge in [-0.3, -0.25) is 4.79 Å². The van der Waals surface area contributed by atoms with Gasteiger partial charge < -0.3 is 10.6 Å². The lowest BCUT2D eigenvalue weighted by molar-refractivity contribution is -0.116. The number of carbonyl (C=O) groups excluding carboxylic acids is 1. The SMILES string of the molecule is Cc1nc(-c2ccc(NC(C)C(=O)Nc3ccccc3C#N)cc2)cs1. The van der Waals surface area contributed by atoms with Crippen LogP contribution in [0.25, 0.3) is 11.3 Å². The monoisotopic (exact) mass is 362 g/mol. The van der Waals surface area contributed by atoms with Gasteiger partial charge in [-0.05, 0) is 38.1 Å². The van der Waals surface area contributed by atoms with Crippen molar-refractivity contribution in [3.63, 3.8) is 0 Å². The van der Waals surface area contributed by atoms with Crippen molar-refractivity contribution in [3.05, 3.63) is 64.5 Å². The molecule has 5 nitrogen and oxygen atoms in total. The molecule has 0 spiro atoms. The lowest BCUT2D eigenvalue weighted by Gasteiger charge is -2.16. The maximum atomic E-state index is 12.4. The highest BCUT2D eigenvalue weighted by atomic mass is 32.1. The lowest BCUT2D eigenvalue weighted by atomic mass is 10.1. The largest absolute Gasteiger partial charge is 0.374 e. The van der Waals surface area contributed by atoms with Gasteiger partial charge in [-0.2, -0.15) is 5.26 Å². The smallest absolute Gasteiger partial charge is 0.246 e. The molecule has 1 atom stereocenters. The van der Waals surface area contributed by atoms with E-state index in [1.807, 2.05) is 36.6 Å². The van der Waals surface area contributed by atoms with Crippen LogP contribution in [0.4, 0.5) is 11.4 Å². The molecule has 0 aliphatic carbocycles. The van der Waals surface area contributed by atoms with E-state index in [2.05, 4.69) is 21.7 Å². The average molecular weight is 362 g/mol. The molecule has 1 aromatic heterocycles. The Morgan fingerprint density at radius 1 is 1.19 bits per heavy atom. The summed E-state index contributed by atoms with van der Waals surface area (Å²) in [6.45, 7) is 3.76. The number of amides is 1. The lowest BCUT2D eigenvalue weighted by Crippen LogP contribution is -2.32. The molecule has 6 heteroatoms. The molecule has 0 bridgehead atoms. The third kappa shape index (κ3) is 4.08. The summed E-state index contributed by atoms with van der Waals surface area (Å²) in [5, 5.41) is 18.1. The zero-order chi connectivity index (χ0) is 18.5. The Labute approximate surface area is 156 Å². The highest BCUT2D eigenvalue weighted by Crippen LogP contribution is 2.23. The maximum Gasteiger partial charge on any atom is 0.246 e. The second-order valence-corrected chi connectivity index (χ2v) is 6.90. The van der Waals surface area contributed by atoms with Crippen LogP contribution in [-0.4, -0.2) is 16.9 Å². The highest BCUT2D eigenvalue weighted by molar-refractivity contribution is 7.09. The second-order valence-electron chi connectivity index (χ2n) is 5.84. The van der Waals surface area contributed by atoms with Crippen molar-refractivity contribution in [2.45, 2.75) is 19.9 Å². The molecule has 0 radical (unpaired) electrons. The van der Waals surface area contributed by atoms with Crippen LogP contribution in [0.1, 0.15) is 17.5 Å². The first-order chi connectivity index (χ1) is 12.6. The third-order valence-electron chi connectivity index (χ3n) is 3.88. The normalized spacial score (nSPS) is 11.4. The molecule has 1 unspecified atom stereocenters. The molecule has 3 rings (SSSR count). The summed E-state index contributed by atoms with van der Waals surface area (Å²) >= 11 is 1.62. The summed E-state index contributed by atoms with van der Waals surface area (Å²) in [7, 11) is 0. The van der Waals surface area contributed by atoms with E-state index >= 15 is 0 Å². The van der Waals surface area contributed by atoms with E-state index in [-0.39, 0.29) is 5.91 Å². The Balaban J connectivity index is 1.65. The number of para-hydroxylation sites is 1.